The summed E-state index contributed by atoms with van der Waals surface area (Å²) in [5.74, 6) is 0. The molecular weight excluding hydrogens is 316 g/mol. The fourth-order valence-corrected chi connectivity index (χ4v) is 1.68. The molecule has 0 fully saturated rings. The van der Waals surface area contributed by atoms with Crippen molar-refractivity contribution in [3.63, 3.8) is 0 Å². The molecule has 0 N–H and O–H groups in total. The Morgan fingerprint density at radius 1 is 1.35 bits per heavy atom. The van der Waals surface area contributed by atoms with E-state index in [4.69, 9.17) is 4.84 Å². The first-order valence-corrected chi connectivity index (χ1v) is 6.40. The van der Waals surface area contributed by atoms with E-state index < -0.39 is 18.0 Å². The van der Waals surface area contributed by atoms with Crippen LogP contribution in [0.4, 0.5) is 17.6 Å². The molecular formula is C14H12F4N4O. The molecule has 0 radical (unpaired) electrons. The molecule has 1 aromatic carbocycles. The normalized spacial score (nSPS) is 13.7. The summed E-state index contributed by atoms with van der Waals surface area (Å²) in [6, 6.07) is 3.91. The molecule has 2 rings (SSSR count). The zero-order chi connectivity index (χ0) is 16.9. The van der Waals surface area contributed by atoms with E-state index in [1.165, 1.54) is 6.08 Å². The summed E-state index contributed by atoms with van der Waals surface area (Å²) in [7, 11) is 0. The Morgan fingerprint density at radius 3 is 2.57 bits per heavy atom. The lowest BCUT2D eigenvalue weighted by atomic mass is 10.1. The number of alkyl halides is 4. The summed E-state index contributed by atoms with van der Waals surface area (Å²) < 4.78 is 53.1. The molecule has 1 heterocycles. The largest absolute Gasteiger partial charge is 0.416 e. The Balaban J connectivity index is 2.33. The van der Waals surface area contributed by atoms with Gasteiger partial charge in [0.1, 0.15) is 25.0 Å². The molecule has 0 saturated heterocycles. The number of rotatable bonds is 6. The van der Waals surface area contributed by atoms with Crippen LogP contribution in [0.5, 0.6) is 0 Å². The minimum Gasteiger partial charge on any atom is -0.391 e. The average molecular weight is 328 g/mol. The van der Waals surface area contributed by atoms with Crippen molar-refractivity contribution in [1.29, 1.82) is 0 Å². The van der Waals surface area contributed by atoms with Gasteiger partial charge in [0.15, 0.2) is 0 Å². The van der Waals surface area contributed by atoms with Crippen molar-refractivity contribution >= 4 is 5.71 Å². The van der Waals surface area contributed by atoms with Gasteiger partial charge in [-0.2, -0.15) is 18.3 Å². The Morgan fingerprint density at radius 2 is 2.04 bits per heavy atom. The highest BCUT2D eigenvalue weighted by molar-refractivity contribution is 6.02. The molecule has 5 nitrogen and oxygen atoms in total. The highest BCUT2D eigenvalue weighted by Gasteiger charge is 2.30. The highest BCUT2D eigenvalue weighted by atomic mass is 19.4. The van der Waals surface area contributed by atoms with Crippen LogP contribution in [0.2, 0.25) is 0 Å². The van der Waals surface area contributed by atoms with Gasteiger partial charge in [0.2, 0.25) is 6.30 Å². The van der Waals surface area contributed by atoms with Crippen LogP contribution in [0.25, 0.3) is 0 Å². The molecule has 0 aliphatic carbocycles. The number of aromatic nitrogens is 3. The first kappa shape index (κ1) is 16.7. The highest BCUT2D eigenvalue weighted by Crippen LogP contribution is 2.29. The monoisotopic (exact) mass is 328 g/mol. The van der Waals surface area contributed by atoms with E-state index in [0.717, 1.165) is 41.6 Å². The third kappa shape index (κ3) is 4.15. The number of hydrogen-bond donors (Lipinski definition) is 0. The van der Waals surface area contributed by atoms with Crippen LogP contribution in [-0.2, 0) is 11.0 Å². The van der Waals surface area contributed by atoms with Gasteiger partial charge in [-0.15, -0.1) is 0 Å². The molecule has 1 aromatic heterocycles. The second-order valence-electron chi connectivity index (χ2n) is 4.35. The maximum atomic E-state index is 14.5. The van der Waals surface area contributed by atoms with E-state index in [9.17, 15) is 17.6 Å². The molecule has 122 valence electrons. The lowest BCUT2D eigenvalue weighted by molar-refractivity contribution is -0.137. The van der Waals surface area contributed by atoms with Gasteiger partial charge in [-0.3, -0.25) is 0 Å². The van der Waals surface area contributed by atoms with Gasteiger partial charge in [-0.05, 0) is 12.1 Å². The molecule has 0 aliphatic rings. The molecule has 0 spiro atoms. The molecule has 1 atom stereocenters. The van der Waals surface area contributed by atoms with Crippen LogP contribution in [0.15, 0.2) is 54.7 Å². The number of oxime groups is 1. The van der Waals surface area contributed by atoms with Crippen molar-refractivity contribution in [3.8, 4) is 0 Å². The number of benzene rings is 1. The second-order valence-corrected chi connectivity index (χ2v) is 4.35. The van der Waals surface area contributed by atoms with Crippen LogP contribution in [0.1, 0.15) is 17.4 Å². The maximum Gasteiger partial charge on any atom is 0.416 e. The van der Waals surface area contributed by atoms with Crippen molar-refractivity contribution in [2.45, 2.75) is 12.5 Å². The van der Waals surface area contributed by atoms with E-state index in [-0.39, 0.29) is 17.9 Å². The molecule has 23 heavy (non-hydrogen) atoms. The lowest BCUT2D eigenvalue weighted by Gasteiger charge is -2.13. The van der Waals surface area contributed by atoms with Gasteiger partial charge in [0.05, 0.1) is 5.56 Å². The predicted molar refractivity (Wildman–Crippen MR) is 74.3 cm³/mol. The number of halogens is 4. The van der Waals surface area contributed by atoms with Crippen LogP contribution < -0.4 is 0 Å². The quantitative estimate of drug-likeness (QED) is 0.269. The zero-order valence-corrected chi connectivity index (χ0v) is 11.7. The SMILES string of the molecule is C=CCON=C(c1ccc(C(F)(F)F)cc1)C(F)n1cncn1. The fourth-order valence-electron chi connectivity index (χ4n) is 1.68. The van der Waals surface area contributed by atoms with Crippen LogP contribution in [-0.4, -0.2) is 27.1 Å². The van der Waals surface area contributed by atoms with E-state index in [1.807, 2.05) is 0 Å². The fraction of sp³-hybridized carbons (Fsp3) is 0.214. The Hall–Kier alpha value is -2.71. The van der Waals surface area contributed by atoms with Crippen molar-refractivity contribution in [2.24, 2.45) is 5.16 Å². The maximum absolute atomic E-state index is 14.5. The predicted octanol–water partition coefficient (Wildman–Crippen LogP) is 3.37. The molecule has 0 aliphatic heterocycles. The standard InChI is InChI=1S/C14H12F4N4O/c1-2-7-23-21-12(13(15)22-9-19-8-20-22)10-3-5-11(6-4-10)14(16,17)18/h2-6,8-9,13H,1,7H2. The van der Waals surface area contributed by atoms with Gasteiger partial charge in [0, 0.05) is 5.56 Å². The Bertz CT molecular complexity index is 665. The van der Waals surface area contributed by atoms with Crippen molar-refractivity contribution in [3.05, 3.63) is 60.7 Å². The number of nitrogens with zero attached hydrogens (tertiary/aromatic N) is 4. The summed E-state index contributed by atoms with van der Waals surface area (Å²) in [6.07, 6.45) is -2.69. The summed E-state index contributed by atoms with van der Waals surface area (Å²) >= 11 is 0. The summed E-state index contributed by atoms with van der Waals surface area (Å²) in [4.78, 5) is 8.48. The van der Waals surface area contributed by atoms with E-state index >= 15 is 0 Å². The Kier molecular flexibility index (Phi) is 5.09. The summed E-state index contributed by atoms with van der Waals surface area (Å²) in [5, 5.41) is 7.27. The summed E-state index contributed by atoms with van der Waals surface area (Å²) in [5.41, 5.74) is -0.945. The molecule has 1 unspecified atom stereocenters. The smallest absolute Gasteiger partial charge is 0.391 e. The first-order valence-electron chi connectivity index (χ1n) is 6.40. The lowest BCUT2D eigenvalue weighted by Crippen LogP contribution is -2.18. The van der Waals surface area contributed by atoms with E-state index in [1.54, 1.807) is 0 Å². The van der Waals surface area contributed by atoms with Crippen molar-refractivity contribution in [1.82, 2.24) is 14.8 Å². The van der Waals surface area contributed by atoms with Gasteiger partial charge < -0.3 is 4.84 Å². The van der Waals surface area contributed by atoms with Crippen LogP contribution >= 0.6 is 0 Å². The minimum absolute atomic E-state index is 0.0220. The third-order valence-electron chi connectivity index (χ3n) is 2.76. The average Bonchev–Trinajstić information content (AvgIpc) is 3.05. The molecule has 9 heteroatoms. The second kappa shape index (κ2) is 7.03. The first-order chi connectivity index (χ1) is 10.9. The molecule has 0 amide bonds. The number of hydrogen-bond acceptors (Lipinski definition) is 4. The van der Waals surface area contributed by atoms with E-state index in [0.29, 0.717) is 0 Å². The molecule has 0 bridgehead atoms. The van der Waals surface area contributed by atoms with Crippen LogP contribution in [0, 0.1) is 0 Å². The summed E-state index contributed by atoms with van der Waals surface area (Å²) in [6.45, 7) is 3.45. The van der Waals surface area contributed by atoms with Gasteiger partial charge in [-0.1, -0.05) is 29.9 Å². The van der Waals surface area contributed by atoms with E-state index in [2.05, 4.69) is 21.8 Å². The molecule has 0 saturated carbocycles. The topological polar surface area (TPSA) is 52.3 Å². The van der Waals surface area contributed by atoms with Gasteiger partial charge >= 0.3 is 6.18 Å². The zero-order valence-electron chi connectivity index (χ0n) is 11.7. The van der Waals surface area contributed by atoms with Crippen molar-refractivity contribution in [2.75, 3.05) is 6.61 Å². The van der Waals surface area contributed by atoms with Gasteiger partial charge in [-0.25, -0.2) is 14.1 Å². The van der Waals surface area contributed by atoms with Crippen LogP contribution in [0.3, 0.4) is 0 Å². The van der Waals surface area contributed by atoms with Crippen molar-refractivity contribution < 1.29 is 22.4 Å². The third-order valence-corrected chi connectivity index (χ3v) is 2.76. The minimum atomic E-state index is -4.48. The van der Waals surface area contributed by atoms with Gasteiger partial charge in [0.25, 0.3) is 0 Å². The Labute approximate surface area is 128 Å². The molecule has 2 aromatic rings.